The Kier molecular flexibility index (Phi) is 8.73. The predicted octanol–water partition coefficient (Wildman–Crippen LogP) is 4.86. The molecule has 1 N–H and O–H groups in total. The number of pyridine rings is 1. The van der Waals surface area contributed by atoms with Crippen LogP contribution in [0.25, 0.3) is 10.4 Å². The first-order valence-electron chi connectivity index (χ1n) is 14.9. The number of anilines is 2. The van der Waals surface area contributed by atoms with Crippen LogP contribution < -0.4 is 9.80 Å². The summed E-state index contributed by atoms with van der Waals surface area (Å²) in [4.78, 5) is 35.0. The molecule has 10 nitrogen and oxygen atoms in total. The number of carbonyl (C=O) groups excluding carboxylic acids is 1. The minimum absolute atomic E-state index is 0.00447. The molecule has 13 heteroatoms. The summed E-state index contributed by atoms with van der Waals surface area (Å²) in [6.07, 6.45) is 5.94. The summed E-state index contributed by atoms with van der Waals surface area (Å²) in [5.74, 6) is -1.40. The molecule has 3 fully saturated rings. The molecule has 1 aliphatic carbocycles. The number of carboxylic acid groups (broad SMARTS) is 1. The molecule has 4 heterocycles. The molecule has 2 aliphatic heterocycles. The van der Waals surface area contributed by atoms with Crippen LogP contribution in [0.1, 0.15) is 48.7 Å². The van der Waals surface area contributed by atoms with Crippen molar-refractivity contribution in [2.75, 3.05) is 42.6 Å². The van der Waals surface area contributed by atoms with E-state index in [2.05, 4.69) is 9.88 Å². The lowest BCUT2D eigenvalue weighted by Crippen LogP contribution is -2.60. The summed E-state index contributed by atoms with van der Waals surface area (Å²) in [6, 6.07) is 10.2. The first kappa shape index (κ1) is 30.6. The highest BCUT2D eigenvalue weighted by Gasteiger charge is 2.44. The van der Waals surface area contributed by atoms with Gasteiger partial charge in [0.1, 0.15) is 21.4 Å². The van der Waals surface area contributed by atoms with E-state index in [0.29, 0.717) is 36.0 Å². The Hall–Kier alpha value is -3.39. The van der Waals surface area contributed by atoms with Crippen LogP contribution in [0.3, 0.4) is 0 Å². The molecular weight excluding hydrogens is 607 g/mol. The molecule has 1 saturated carbocycles. The number of thiophene rings is 1. The Bertz CT molecular complexity index is 1620. The number of piperazine rings is 1. The molecule has 2 saturated heterocycles. The topological polar surface area (TPSA) is 120 Å². The van der Waals surface area contributed by atoms with E-state index >= 15 is 0 Å². The summed E-state index contributed by atoms with van der Waals surface area (Å²) in [5, 5.41) is 10.1. The molecule has 0 spiro atoms. The molecule has 234 valence electrons. The van der Waals surface area contributed by atoms with Gasteiger partial charge < -0.3 is 19.6 Å². The second kappa shape index (κ2) is 12.5. The number of aromatic carboxylic acids is 1. The van der Waals surface area contributed by atoms with Crippen molar-refractivity contribution in [3.63, 3.8) is 0 Å². The summed E-state index contributed by atoms with van der Waals surface area (Å²) in [7, 11) is -4.07. The van der Waals surface area contributed by atoms with E-state index in [1.807, 2.05) is 6.92 Å². The summed E-state index contributed by atoms with van der Waals surface area (Å²) in [5.41, 5.74) is 0.889. The number of nitrogens with zero attached hydrogens (tertiary/aromatic N) is 4. The monoisotopic (exact) mass is 642 g/mol. The largest absolute Gasteiger partial charge is 0.477 e. The third-order valence-electron chi connectivity index (χ3n) is 8.81. The molecule has 3 aromatic rings. The number of hydrogen-bond acceptors (Lipinski definition) is 8. The Balaban J connectivity index is 1.32. The fourth-order valence-corrected chi connectivity index (χ4v) is 8.87. The van der Waals surface area contributed by atoms with Gasteiger partial charge in [-0.1, -0.05) is 31.4 Å². The zero-order valence-electron chi connectivity index (χ0n) is 24.4. The molecule has 3 aliphatic rings. The number of sulfonamides is 1. The molecule has 2 aromatic heterocycles. The van der Waals surface area contributed by atoms with Crippen LogP contribution in [0, 0.1) is 11.7 Å². The first-order valence-corrected chi connectivity index (χ1v) is 17.1. The van der Waals surface area contributed by atoms with Crippen LogP contribution in [0.4, 0.5) is 15.9 Å². The van der Waals surface area contributed by atoms with Crippen molar-refractivity contribution in [3.05, 3.63) is 59.4 Å². The van der Waals surface area contributed by atoms with E-state index in [1.165, 1.54) is 33.6 Å². The molecule has 0 radical (unpaired) electrons. The Labute approximate surface area is 260 Å². The quantitative estimate of drug-likeness (QED) is 0.388. The lowest BCUT2D eigenvalue weighted by atomic mass is 9.82. The van der Waals surface area contributed by atoms with E-state index in [4.69, 9.17) is 4.74 Å². The minimum atomic E-state index is -4.07. The molecular formula is C31H35FN4O6S2. The van der Waals surface area contributed by atoms with Gasteiger partial charge in [-0.3, -0.25) is 4.79 Å². The number of rotatable bonds is 7. The molecule has 1 aromatic carbocycles. The van der Waals surface area contributed by atoms with E-state index in [-0.39, 0.29) is 34.0 Å². The maximum atomic E-state index is 13.9. The number of carboxylic acids is 1. The van der Waals surface area contributed by atoms with Crippen LogP contribution in [0.2, 0.25) is 0 Å². The molecule has 44 heavy (non-hydrogen) atoms. The maximum Gasteiger partial charge on any atom is 0.348 e. The number of carbonyl (C=O) groups is 2. The average Bonchev–Trinajstić information content (AvgIpc) is 3.47. The van der Waals surface area contributed by atoms with Crippen LogP contribution >= 0.6 is 11.3 Å². The fraction of sp³-hybridized carbons (Fsp3) is 0.452. The number of halogens is 1. The molecule has 1 amide bonds. The zero-order chi connectivity index (χ0) is 31.0. The van der Waals surface area contributed by atoms with Gasteiger partial charge in [0, 0.05) is 24.2 Å². The Morgan fingerprint density at radius 1 is 1.11 bits per heavy atom. The van der Waals surface area contributed by atoms with Gasteiger partial charge in [0.25, 0.3) is 0 Å². The second-order valence-corrected chi connectivity index (χ2v) is 14.6. The van der Waals surface area contributed by atoms with Crippen molar-refractivity contribution >= 4 is 44.7 Å². The number of benzene rings is 1. The van der Waals surface area contributed by atoms with E-state index in [9.17, 15) is 27.5 Å². The van der Waals surface area contributed by atoms with Gasteiger partial charge in [0.05, 0.1) is 37.5 Å². The van der Waals surface area contributed by atoms with Gasteiger partial charge in [-0.2, -0.15) is 4.31 Å². The number of hydrogen-bond donors (Lipinski definition) is 1. The highest BCUT2D eigenvalue weighted by molar-refractivity contribution is 7.89. The van der Waals surface area contributed by atoms with Crippen LogP contribution in [-0.4, -0.2) is 79.6 Å². The summed E-state index contributed by atoms with van der Waals surface area (Å²) >= 11 is 1.02. The zero-order valence-corrected chi connectivity index (χ0v) is 26.0. The lowest BCUT2D eigenvalue weighted by Gasteiger charge is -2.44. The number of amides is 1. The standard InChI is InChI=1S/C31H35FN4O6S2/c1-20-19-42-14-13-35(20)28-12-11-24(16-33-28)44(40,41)34-17-26(21-5-3-2-4-6-21)36(29(37)18-34)25-15-27(43-30(25)31(38)39)22-7-9-23(32)10-8-22/h7-12,15-16,20-21,26H,2-6,13-14,17-19H2,1H3,(H,38,39). The van der Waals surface area contributed by atoms with Crippen molar-refractivity contribution < 1.29 is 32.2 Å². The molecule has 6 rings (SSSR count). The smallest absolute Gasteiger partial charge is 0.348 e. The van der Waals surface area contributed by atoms with Gasteiger partial charge >= 0.3 is 5.97 Å². The van der Waals surface area contributed by atoms with Crippen molar-refractivity contribution in [3.8, 4) is 10.4 Å². The van der Waals surface area contributed by atoms with Crippen molar-refractivity contribution in [1.82, 2.24) is 9.29 Å². The summed E-state index contributed by atoms with van der Waals surface area (Å²) < 4.78 is 48.1. The highest BCUT2D eigenvalue weighted by Crippen LogP contribution is 2.42. The van der Waals surface area contributed by atoms with Crippen LogP contribution in [0.5, 0.6) is 0 Å². The van der Waals surface area contributed by atoms with E-state index < -0.39 is 40.3 Å². The Morgan fingerprint density at radius 3 is 2.52 bits per heavy atom. The van der Waals surface area contributed by atoms with Crippen LogP contribution in [0.15, 0.2) is 53.6 Å². The third kappa shape index (κ3) is 5.97. The first-order chi connectivity index (χ1) is 21.1. The lowest BCUT2D eigenvalue weighted by molar-refractivity contribution is -0.121. The second-order valence-electron chi connectivity index (χ2n) is 11.6. The SMILES string of the molecule is CC1COCCN1c1ccc(S(=O)(=O)N2CC(=O)N(c3cc(-c4ccc(F)cc4)sc3C(=O)O)C(C3CCCCC3)C2)cn1. The minimum Gasteiger partial charge on any atom is -0.477 e. The number of aromatic nitrogens is 1. The molecule has 0 bridgehead atoms. The highest BCUT2D eigenvalue weighted by atomic mass is 32.2. The van der Waals surface area contributed by atoms with Gasteiger partial charge in [-0.25, -0.2) is 22.6 Å². The Morgan fingerprint density at radius 2 is 1.86 bits per heavy atom. The number of ether oxygens (including phenoxy) is 1. The fourth-order valence-electron chi connectivity index (χ4n) is 6.52. The van der Waals surface area contributed by atoms with Gasteiger partial charge in [0.2, 0.25) is 15.9 Å². The average molecular weight is 643 g/mol. The summed E-state index contributed by atoms with van der Waals surface area (Å²) in [6.45, 7) is 3.43. The molecule has 2 unspecified atom stereocenters. The van der Waals surface area contributed by atoms with Crippen LogP contribution in [-0.2, 0) is 19.6 Å². The third-order valence-corrected chi connectivity index (χ3v) is 11.8. The number of morpholine rings is 1. The van der Waals surface area contributed by atoms with Gasteiger partial charge in [-0.05, 0) is 61.6 Å². The molecule has 2 atom stereocenters. The maximum absolute atomic E-state index is 13.9. The van der Waals surface area contributed by atoms with Gasteiger partial charge in [0.15, 0.2) is 0 Å². The normalized spacial score (nSPS) is 22.4. The van der Waals surface area contributed by atoms with E-state index in [0.717, 1.165) is 43.4 Å². The van der Waals surface area contributed by atoms with Crippen molar-refractivity contribution in [2.24, 2.45) is 5.92 Å². The van der Waals surface area contributed by atoms with Gasteiger partial charge in [-0.15, -0.1) is 11.3 Å². The van der Waals surface area contributed by atoms with Crippen molar-refractivity contribution in [2.45, 2.75) is 56.0 Å². The predicted molar refractivity (Wildman–Crippen MR) is 165 cm³/mol. The van der Waals surface area contributed by atoms with Crippen molar-refractivity contribution in [1.29, 1.82) is 0 Å². The van der Waals surface area contributed by atoms with E-state index in [1.54, 1.807) is 24.3 Å².